The summed E-state index contributed by atoms with van der Waals surface area (Å²) in [5.74, 6) is 1.31. The zero-order valence-corrected chi connectivity index (χ0v) is 17.8. The van der Waals surface area contributed by atoms with E-state index in [9.17, 15) is 12.8 Å². The maximum atomic E-state index is 12.3. The average molecular weight is 450 g/mol. The van der Waals surface area contributed by atoms with Crippen LogP contribution in [-0.4, -0.2) is 51.0 Å². The summed E-state index contributed by atoms with van der Waals surface area (Å²) in [4.78, 5) is 11.1. The van der Waals surface area contributed by atoms with Crippen molar-refractivity contribution in [2.24, 2.45) is 9.98 Å². The number of hydrogen-bond acceptors (Lipinski definition) is 6. The highest BCUT2D eigenvalue weighted by atomic mass is 35.5. The standard InChI is InChI=1S/C21H21ClFN3O3S/c22-20-15(13-30(27,28)11-2-8-23)4-1-5-19(20)29-16-6-7-18-17(12-16)21-24-9-3-10-26(21)14-25-18/h1,4-7,12,14H,2-3,8-11,13H2. The summed E-state index contributed by atoms with van der Waals surface area (Å²) in [5, 5.41) is 0.230. The van der Waals surface area contributed by atoms with E-state index in [1.165, 1.54) is 0 Å². The highest BCUT2D eigenvalue weighted by molar-refractivity contribution is 7.90. The quantitative estimate of drug-likeness (QED) is 0.622. The van der Waals surface area contributed by atoms with Crippen LogP contribution >= 0.6 is 11.6 Å². The largest absolute Gasteiger partial charge is 0.456 e. The van der Waals surface area contributed by atoms with E-state index in [4.69, 9.17) is 16.3 Å². The molecule has 0 spiro atoms. The van der Waals surface area contributed by atoms with Gasteiger partial charge in [-0.25, -0.2) is 13.4 Å². The van der Waals surface area contributed by atoms with Crippen LogP contribution in [0.5, 0.6) is 11.5 Å². The molecule has 0 radical (unpaired) electrons. The molecule has 0 fully saturated rings. The van der Waals surface area contributed by atoms with Gasteiger partial charge in [0.2, 0.25) is 0 Å². The molecule has 0 saturated carbocycles. The molecule has 2 aromatic carbocycles. The van der Waals surface area contributed by atoms with E-state index in [0.717, 1.165) is 36.6 Å². The van der Waals surface area contributed by atoms with E-state index in [0.29, 0.717) is 17.1 Å². The number of sulfone groups is 1. The zero-order valence-electron chi connectivity index (χ0n) is 16.2. The van der Waals surface area contributed by atoms with Crippen molar-refractivity contribution in [2.45, 2.75) is 18.6 Å². The maximum absolute atomic E-state index is 12.3. The summed E-state index contributed by atoms with van der Waals surface area (Å²) in [6.45, 7) is 0.980. The molecule has 2 aliphatic rings. The van der Waals surface area contributed by atoms with Gasteiger partial charge in [0.05, 0.1) is 35.2 Å². The molecule has 0 unspecified atom stereocenters. The van der Waals surface area contributed by atoms with Crippen molar-refractivity contribution in [3.05, 3.63) is 52.5 Å². The van der Waals surface area contributed by atoms with Crippen LogP contribution in [0.3, 0.4) is 0 Å². The number of alkyl halides is 1. The Morgan fingerprint density at radius 2 is 2.10 bits per heavy atom. The number of ether oxygens (including phenoxy) is 1. The van der Waals surface area contributed by atoms with Gasteiger partial charge >= 0.3 is 0 Å². The van der Waals surface area contributed by atoms with Crippen LogP contribution in [0.4, 0.5) is 10.1 Å². The van der Waals surface area contributed by atoms with Gasteiger partial charge in [-0.15, -0.1) is 0 Å². The Morgan fingerprint density at radius 1 is 1.23 bits per heavy atom. The first kappa shape index (κ1) is 20.8. The van der Waals surface area contributed by atoms with E-state index in [-0.39, 0.29) is 22.9 Å². The summed E-state index contributed by atoms with van der Waals surface area (Å²) in [6, 6.07) is 10.5. The lowest BCUT2D eigenvalue weighted by atomic mass is 10.1. The van der Waals surface area contributed by atoms with Gasteiger partial charge in [0.25, 0.3) is 0 Å². The fourth-order valence-electron chi connectivity index (χ4n) is 3.43. The third-order valence-corrected chi connectivity index (χ3v) is 6.96. The molecule has 0 bridgehead atoms. The normalized spacial score (nSPS) is 15.4. The summed E-state index contributed by atoms with van der Waals surface area (Å²) in [7, 11) is -3.45. The van der Waals surface area contributed by atoms with E-state index >= 15 is 0 Å². The average Bonchev–Trinajstić information content (AvgIpc) is 2.75. The molecule has 9 heteroatoms. The number of halogens is 2. The number of fused-ring (bicyclic) bond motifs is 3. The van der Waals surface area contributed by atoms with E-state index in [1.54, 1.807) is 30.6 Å². The van der Waals surface area contributed by atoms with Crippen molar-refractivity contribution in [2.75, 3.05) is 25.5 Å². The number of benzene rings is 2. The first-order valence-electron chi connectivity index (χ1n) is 9.68. The molecule has 30 heavy (non-hydrogen) atoms. The Hall–Kier alpha value is -2.45. The third-order valence-electron chi connectivity index (χ3n) is 4.87. The van der Waals surface area contributed by atoms with E-state index in [2.05, 4.69) is 9.98 Å². The number of aliphatic imine (C=N–C) groups is 2. The van der Waals surface area contributed by atoms with Crippen molar-refractivity contribution < 1.29 is 17.5 Å². The highest BCUT2D eigenvalue weighted by Gasteiger charge is 2.23. The predicted octanol–water partition coefficient (Wildman–Crippen LogP) is 4.53. The molecule has 0 aromatic heterocycles. The number of hydrogen-bond donors (Lipinski definition) is 0. The molecule has 2 aliphatic heterocycles. The van der Waals surface area contributed by atoms with Gasteiger partial charge < -0.3 is 9.64 Å². The summed E-state index contributed by atoms with van der Waals surface area (Å²) in [5.41, 5.74) is 2.13. The topological polar surface area (TPSA) is 71.3 Å². The summed E-state index contributed by atoms with van der Waals surface area (Å²) in [6.07, 6.45) is 2.76. The molecule has 0 amide bonds. The van der Waals surface area contributed by atoms with Gasteiger partial charge in [-0.2, -0.15) is 0 Å². The summed E-state index contributed by atoms with van der Waals surface area (Å²) < 4.78 is 42.7. The van der Waals surface area contributed by atoms with Crippen LogP contribution < -0.4 is 4.74 Å². The molecule has 0 N–H and O–H groups in total. The first-order chi connectivity index (χ1) is 14.5. The van der Waals surface area contributed by atoms with Crippen LogP contribution in [0.1, 0.15) is 24.0 Å². The monoisotopic (exact) mass is 449 g/mol. The van der Waals surface area contributed by atoms with Crippen LogP contribution in [0.2, 0.25) is 5.02 Å². The second-order valence-corrected chi connectivity index (χ2v) is 9.70. The first-order valence-corrected chi connectivity index (χ1v) is 11.9. The van der Waals surface area contributed by atoms with Crippen molar-refractivity contribution in [1.29, 1.82) is 0 Å². The van der Waals surface area contributed by atoms with Crippen molar-refractivity contribution >= 4 is 39.3 Å². The van der Waals surface area contributed by atoms with Crippen LogP contribution in [0, 0.1) is 0 Å². The molecule has 6 nitrogen and oxygen atoms in total. The molecule has 0 aliphatic carbocycles. The lowest BCUT2D eigenvalue weighted by Gasteiger charge is -2.29. The third kappa shape index (κ3) is 4.49. The molecule has 0 saturated heterocycles. The van der Waals surface area contributed by atoms with Gasteiger partial charge in [0, 0.05) is 18.7 Å². The Kier molecular flexibility index (Phi) is 6.06. The van der Waals surface area contributed by atoms with E-state index < -0.39 is 16.5 Å². The van der Waals surface area contributed by atoms with Crippen molar-refractivity contribution in [3.8, 4) is 11.5 Å². The van der Waals surface area contributed by atoms with Crippen LogP contribution in [0.15, 0.2) is 46.4 Å². The Bertz CT molecular complexity index is 1120. The minimum Gasteiger partial charge on any atom is -0.456 e. The smallest absolute Gasteiger partial charge is 0.154 e. The van der Waals surface area contributed by atoms with Crippen LogP contribution in [0.25, 0.3) is 0 Å². The van der Waals surface area contributed by atoms with Gasteiger partial charge in [-0.05, 0) is 42.7 Å². The number of nitrogens with zero attached hydrogens (tertiary/aromatic N) is 3. The van der Waals surface area contributed by atoms with Gasteiger partial charge in [0.1, 0.15) is 17.3 Å². The van der Waals surface area contributed by atoms with Crippen LogP contribution in [-0.2, 0) is 15.6 Å². The fraction of sp³-hybridized carbons (Fsp3) is 0.333. The second kappa shape index (κ2) is 8.73. The van der Waals surface area contributed by atoms with Crippen molar-refractivity contribution in [3.63, 3.8) is 0 Å². The molecule has 158 valence electrons. The van der Waals surface area contributed by atoms with Gasteiger partial charge in [0.15, 0.2) is 9.84 Å². The molecule has 0 atom stereocenters. The van der Waals surface area contributed by atoms with Crippen molar-refractivity contribution in [1.82, 2.24) is 4.90 Å². The Labute approximate surface area is 180 Å². The Balaban J connectivity index is 1.59. The fourth-order valence-corrected chi connectivity index (χ4v) is 5.15. The maximum Gasteiger partial charge on any atom is 0.154 e. The molecule has 4 rings (SSSR count). The lowest BCUT2D eigenvalue weighted by Crippen LogP contribution is -2.36. The highest BCUT2D eigenvalue weighted by Crippen LogP contribution is 2.36. The van der Waals surface area contributed by atoms with E-state index in [1.807, 2.05) is 17.0 Å². The SMILES string of the molecule is O=S(=O)(CCCF)Cc1cccc(Oc2ccc3c(c2)C2=NCCCN2C=N3)c1Cl. The Morgan fingerprint density at radius 3 is 2.93 bits per heavy atom. The minimum atomic E-state index is -3.45. The second-order valence-electron chi connectivity index (χ2n) is 7.14. The molecule has 2 heterocycles. The lowest BCUT2D eigenvalue weighted by molar-refractivity contribution is 0.481. The zero-order chi connectivity index (χ0) is 21.1. The number of rotatable bonds is 7. The molecular formula is C21H21ClFN3O3S. The minimum absolute atomic E-state index is 0.0192. The number of amidine groups is 1. The van der Waals surface area contributed by atoms with Gasteiger partial charge in [-0.1, -0.05) is 23.7 Å². The molecular weight excluding hydrogens is 429 g/mol. The summed E-state index contributed by atoms with van der Waals surface area (Å²) >= 11 is 6.43. The molecule has 2 aromatic rings. The van der Waals surface area contributed by atoms with Gasteiger partial charge in [-0.3, -0.25) is 9.38 Å². The predicted molar refractivity (Wildman–Crippen MR) is 117 cm³/mol.